The van der Waals surface area contributed by atoms with Crippen molar-refractivity contribution in [2.24, 2.45) is 20.4 Å². The van der Waals surface area contributed by atoms with Crippen LogP contribution in [0.2, 0.25) is 0 Å². The smallest absolute Gasteiger partial charge is 0.231 e. The third-order valence-electron chi connectivity index (χ3n) is 4.80. The highest BCUT2D eigenvalue weighted by Gasteiger charge is 2.14. The molecule has 28 heavy (non-hydrogen) atoms. The highest BCUT2D eigenvalue weighted by atomic mass is 32.1. The lowest BCUT2D eigenvalue weighted by Crippen LogP contribution is -2.24. The van der Waals surface area contributed by atoms with Crippen molar-refractivity contribution in [3.05, 3.63) is 75.7 Å². The Morgan fingerprint density at radius 3 is 2.54 bits per heavy atom. The van der Waals surface area contributed by atoms with Crippen LogP contribution in [-0.4, -0.2) is 10.4 Å². The summed E-state index contributed by atoms with van der Waals surface area (Å²) in [6, 6.07) is 16.3. The molecule has 0 radical (unpaired) electrons. The summed E-state index contributed by atoms with van der Waals surface area (Å²) in [6.45, 7) is 3.95. The minimum atomic E-state index is 0.603. The first-order valence-electron chi connectivity index (χ1n) is 9.26. The molecule has 3 aromatic rings. The average Bonchev–Trinajstić information content (AvgIpc) is 2.99. The highest BCUT2D eigenvalue weighted by molar-refractivity contribution is 7.13. The number of hydrogen-bond donors (Lipinski definition) is 1. The van der Waals surface area contributed by atoms with Gasteiger partial charge in [-0.1, -0.05) is 53.3 Å². The summed E-state index contributed by atoms with van der Waals surface area (Å²) in [6.07, 6.45) is 3.11. The van der Waals surface area contributed by atoms with Gasteiger partial charge in [0.15, 0.2) is 5.00 Å². The van der Waals surface area contributed by atoms with Gasteiger partial charge in [-0.15, -0.1) is 15.3 Å². The molecule has 6 nitrogen and oxygen atoms in total. The van der Waals surface area contributed by atoms with Crippen molar-refractivity contribution in [2.75, 3.05) is 5.84 Å². The van der Waals surface area contributed by atoms with E-state index in [-0.39, 0.29) is 0 Å². The second kappa shape index (κ2) is 7.90. The van der Waals surface area contributed by atoms with E-state index in [1.807, 2.05) is 44.2 Å². The van der Waals surface area contributed by atoms with E-state index in [1.54, 1.807) is 0 Å². The van der Waals surface area contributed by atoms with Crippen LogP contribution < -0.4 is 10.6 Å². The molecule has 142 valence electrons. The summed E-state index contributed by atoms with van der Waals surface area (Å²) in [4.78, 5) is 0.603. The second-order valence-corrected chi connectivity index (χ2v) is 7.79. The molecular weight excluding hydrogens is 368 g/mol. The first kappa shape index (κ1) is 18.3. The zero-order chi connectivity index (χ0) is 19.5. The Morgan fingerprint density at radius 2 is 1.71 bits per heavy atom. The van der Waals surface area contributed by atoms with E-state index in [0.29, 0.717) is 4.80 Å². The molecule has 0 fully saturated rings. The largest absolute Gasteiger partial charge is 0.337 e. The molecule has 1 aromatic heterocycles. The van der Waals surface area contributed by atoms with Crippen LogP contribution in [0.1, 0.15) is 35.2 Å². The van der Waals surface area contributed by atoms with Crippen molar-refractivity contribution in [1.82, 2.24) is 4.68 Å². The summed E-state index contributed by atoms with van der Waals surface area (Å²) in [5, 5.41) is 18.3. The zero-order valence-corrected chi connectivity index (χ0v) is 16.8. The van der Waals surface area contributed by atoms with Gasteiger partial charge < -0.3 is 5.84 Å². The van der Waals surface area contributed by atoms with Crippen molar-refractivity contribution < 1.29 is 0 Å². The lowest BCUT2D eigenvalue weighted by atomic mass is 9.90. The maximum absolute atomic E-state index is 6.16. The normalized spacial score (nSPS) is 16.1. The van der Waals surface area contributed by atoms with E-state index in [1.165, 1.54) is 32.7 Å². The number of nitrogens with two attached hydrogens (primary N) is 1. The van der Waals surface area contributed by atoms with E-state index in [4.69, 9.17) is 5.84 Å². The fourth-order valence-corrected chi connectivity index (χ4v) is 3.96. The second-order valence-electron chi connectivity index (χ2n) is 6.84. The van der Waals surface area contributed by atoms with Crippen molar-refractivity contribution in [3.8, 4) is 0 Å². The van der Waals surface area contributed by atoms with Gasteiger partial charge in [0, 0.05) is 5.56 Å². The van der Waals surface area contributed by atoms with Crippen molar-refractivity contribution in [1.29, 1.82) is 0 Å². The quantitative estimate of drug-likeness (QED) is 0.384. The molecule has 0 aliphatic heterocycles. The molecular formula is C21H22N6S. The Hall–Kier alpha value is -3.06. The van der Waals surface area contributed by atoms with Crippen LogP contribution in [0.5, 0.6) is 0 Å². The first-order valence-corrected chi connectivity index (χ1v) is 10.1. The Labute approximate surface area is 167 Å². The van der Waals surface area contributed by atoms with E-state index in [2.05, 4.69) is 38.6 Å². The van der Waals surface area contributed by atoms with Gasteiger partial charge in [0.1, 0.15) is 0 Å². The third-order valence-corrected chi connectivity index (χ3v) is 5.83. The van der Waals surface area contributed by atoms with Gasteiger partial charge in [-0.3, -0.25) is 0 Å². The molecule has 1 aliphatic carbocycles. The zero-order valence-electron chi connectivity index (χ0n) is 16.0. The predicted octanol–water partition coefficient (Wildman–Crippen LogP) is 4.94. The number of nitrogen functional groups attached to an aromatic ring is 1. The van der Waals surface area contributed by atoms with E-state index < -0.39 is 0 Å². The van der Waals surface area contributed by atoms with Crippen molar-refractivity contribution in [3.63, 3.8) is 0 Å². The van der Waals surface area contributed by atoms with E-state index in [0.717, 1.165) is 41.4 Å². The molecule has 4 rings (SSSR count). The number of thiazole rings is 1. The average molecular weight is 391 g/mol. The van der Waals surface area contributed by atoms with Crippen LogP contribution in [-0.2, 0) is 6.42 Å². The number of fused-ring (bicyclic) bond motifs is 1. The maximum Gasteiger partial charge on any atom is 0.231 e. The van der Waals surface area contributed by atoms with Gasteiger partial charge in [0.25, 0.3) is 0 Å². The van der Waals surface area contributed by atoms with Gasteiger partial charge in [-0.05, 0) is 50.8 Å². The highest BCUT2D eigenvalue weighted by Crippen LogP contribution is 2.25. The van der Waals surface area contributed by atoms with Crippen LogP contribution in [0.15, 0.2) is 69.0 Å². The van der Waals surface area contributed by atoms with E-state index in [9.17, 15) is 0 Å². The Kier molecular flexibility index (Phi) is 5.16. The van der Waals surface area contributed by atoms with Gasteiger partial charge in [-0.2, -0.15) is 5.10 Å². The van der Waals surface area contributed by atoms with Gasteiger partial charge >= 0.3 is 0 Å². The lowest BCUT2D eigenvalue weighted by molar-refractivity contribution is 0.828. The molecule has 7 heteroatoms. The molecule has 0 saturated carbocycles. The van der Waals surface area contributed by atoms with Crippen molar-refractivity contribution in [2.45, 2.75) is 33.1 Å². The predicted molar refractivity (Wildman–Crippen MR) is 114 cm³/mol. The molecule has 1 heterocycles. The van der Waals surface area contributed by atoms with E-state index >= 15 is 0 Å². The number of aromatic nitrogens is 1. The van der Waals surface area contributed by atoms with Gasteiger partial charge in [-0.25, -0.2) is 4.68 Å². The molecule has 0 saturated heterocycles. The molecule has 0 amide bonds. The van der Waals surface area contributed by atoms with Gasteiger partial charge in [0.2, 0.25) is 4.80 Å². The van der Waals surface area contributed by atoms with Crippen LogP contribution in [0.4, 0.5) is 10.7 Å². The van der Waals surface area contributed by atoms with Crippen molar-refractivity contribution >= 4 is 27.7 Å². The number of azo groups is 1. The van der Waals surface area contributed by atoms with Crippen LogP contribution in [0, 0.1) is 13.8 Å². The minimum absolute atomic E-state index is 0.603. The number of benzene rings is 2. The van der Waals surface area contributed by atoms with Crippen LogP contribution >= 0.6 is 11.3 Å². The standard InChI is InChI=1S/C21H22N6S/c1-14-10-12-17(13-11-14)23-25-20-15(2)27(22)21(28-20)26-24-19-9-5-7-16-6-3-4-8-18(16)19/h3-4,6,8,10-13H,5,7,9,22H2,1-2H3/b24-19+,25-23?,26-21-. The molecule has 0 unspecified atom stereocenters. The topological polar surface area (TPSA) is 80.4 Å². The Balaban J connectivity index is 1.65. The Bertz CT molecular complexity index is 1120. The Morgan fingerprint density at radius 1 is 0.929 bits per heavy atom. The fraction of sp³-hybridized carbons (Fsp3) is 0.238. The molecule has 0 spiro atoms. The van der Waals surface area contributed by atoms with Crippen LogP contribution in [0.25, 0.3) is 0 Å². The molecule has 2 N–H and O–H groups in total. The van der Waals surface area contributed by atoms with Gasteiger partial charge in [0.05, 0.1) is 17.1 Å². The number of hydrogen-bond acceptors (Lipinski definition) is 6. The summed E-state index contributed by atoms with van der Waals surface area (Å²) in [5.74, 6) is 6.16. The molecule has 2 aromatic carbocycles. The molecule has 0 bridgehead atoms. The monoisotopic (exact) mass is 390 g/mol. The number of aryl methyl sites for hydroxylation is 2. The lowest BCUT2D eigenvalue weighted by Gasteiger charge is -2.16. The maximum atomic E-state index is 6.16. The molecule has 1 aliphatic rings. The molecule has 0 atom stereocenters. The first-order chi connectivity index (χ1) is 13.6. The summed E-state index contributed by atoms with van der Waals surface area (Å²) in [7, 11) is 0. The summed E-state index contributed by atoms with van der Waals surface area (Å²) in [5.41, 5.74) is 6.33. The minimum Gasteiger partial charge on any atom is -0.337 e. The SMILES string of the molecule is Cc1ccc(N=Nc2s/c(=N\N=C3/CCCc4ccccc43)n(N)c2C)cc1. The number of rotatable bonds is 3. The fourth-order valence-electron chi connectivity index (χ4n) is 3.14. The number of nitrogens with zero attached hydrogens (tertiary/aromatic N) is 5. The summed E-state index contributed by atoms with van der Waals surface area (Å²) < 4.78 is 1.52. The van der Waals surface area contributed by atoms with Crippen LogP contribution in [0.3, 0.4) is 0 Å². The summed E-state index contributed by atoms with van der Waals surface area (Å²) >= 11 is 1.38. The third kappa shape index (κ3) is 3.80.